The first-order valence-electron chi connectivity index (χ1n) is 6.05. The van der Waals surface area contributed by atoms with Gasteiger partial charge in [0.05, 0.1) is 26.2 Å². The molecule has 2 aromatic rings. The average Bonchev–Trinajstić information content (AvgIpc) is 2.53. The van der Waals surface area contributed by atoms with Crippen molar-refractivity contribution in [1.82, 2.24) is 0 Å². The van der Waals surface area contributed by atoms with Crippen LogP contribution in [0.3, 0.4) is 0 Å². The highest BCUT2D eigenvalue weighted by molar-refractivity contribution is 8.00. The van der Waals surface area contributed by atoms with Crippen molar-refractivity contribution in [2.75, 3.05) is 26.1 Å². The molecule has 20 heavy (non-hydrogen) atoms. The van der Waals surface area contributed by atoms with Crippen molar-refractivity contribution in [2.24, 2.45) is 0 Å². The summed E-state index contributed by atoms with van der Waals surface area (Å²) in [5, 5.41) is 0. The molecule has 2 aromatic carbocycles. The summed E-state index contributed by atoms with van der Waals surface area (Å²) in [6.45, 7) is 0. The topological polar surface area (TPSA) is 39.7 Å². The van der Waals surface area contributed by atoms with Crippen molar-refractivity contribution < 1.29 is 14.2 Å². The van der Waals surface area contributed by atoms with E-state index in [-0.39, 0.29) is 0 Å². The van der Waals surface area contributed by atoms with Crippen LogP contribution in [0.4, 0.5) is 5.69 Å². The number of hydrogen-bond donors (Lipinski definition) is 1. The molecule has 0 bridgehead atoms. The second kappa shape index (κ2) is 6.96. The van der Waals surface area contributed by atoms with Gasteiger partial charge in [-0.1, -0.05) is 0 Å². The Morgan fingerprint density at radius 1 is 0.800 bits per heavy atom. The highest BCUT2D eigenvalue weighted by Crippen LogP contribution is 2.33. The summed E-state index contributed by atoms with van der Waals surface area (Å²) >= 11 is 1.49. The van der Waals surface area contributed by atoms with Gasteiger partial charge in [-0.3, -0.25) is 0 Å². The molecular weight excluding hydrogens is 274 g/mol. The fraction of sp³-hybridized carbons (Fsp3) is 0.200. The van der Waals surface area contributed by atoms with Gasteiger partial charge >= 0.3 is 0 Å². The van der Waals surface area contributed by atoms with E-state index < -0.39 is 0 Å². The van der Waals surface area contributed by atoms with Crippen LogP contribution < -0.4 is 18.9 Å². The Balaban J connectivity index is 2.05. The van der Waals surface area contributed by atoms with E-state index in [9.17, 15) is 0 Å². The van der Waals surface area contributed by atoms with Crippen molar-refractivity contribution >= 4 is 17.6 Å². The van der Waals surface area contributed by atoms with Crippen LogP contribution in [0.5, 0.6) is 17.2 Å². The molecule has 4 nitrogen and oxygen atoms in total. The molecule has 0 heterocycles. The fourth-order valence-corrected chi connectivity index (χ4v) is 2.37. The average molecular weight is 291 g/mol. The lowest BCUT2D eigenvalue weighted by Gasteiger charge is -2.11. The van der Waals surface area contributed by atoms with Gasteiger partial charge in [0.1, 0.15) is 17.2 Å². The predicted molar refractivity (Wildman–Crippen MR) is 82.0 cm³/mol. The van der Waals surface area contributed by atoms with E-state index in [1.165, 1.54) is 11.9 Å². The Morgan fingerprint density at radius 3 is 2.05 bits per heavy atom. The van der Waals surface area contributed by atoms with Gasteiger partial charge in [0.25, 0.3) is 0 Å². The van der Waals surface area contributed by atoms with E-state index in [1.54, 1.807) is 21.3 Å². The van der Waals surface area contributed by atoms with Crippen molar-refractivity contribution in [2.45, 2.75) is 4.90 Å². The quantitative estimate of drug-likeness (QED) is 0.819. The summed E-state index contributed by atoms with van der Waals surface area (Å²) in [5.41, 5.74) is 0.994. The van der Waals surface area contributed by atoms with Crippen molar-refractivity contribution in [3.63, 3.8) is 0 Å². The lowest BCUT2D eigenvalue weighted by atomic mass is 10.3. The molecule has 2 rings (SSSR count). The summed E-state index contributed by atoms with van der Waals surface area (Å²) in [4.78, 5) is 0.990. The minimum Gasteiger partial charge on any atom is -0.497 e. The summed E-state index contributed by atoms with van der Waals surface area (Å²) < 4.78 is 18.9. The maximum Gasteiger partial charge on any atom is 0.137 e. The van der Waals surface area contributed by atoms with E-state index in [4.69, 9.17) is 14.2 Å². The molecule has 5 heteroatoms. The SMILES string of the molecule is COc1ccc(NSc2ccc(OC)cc2OC)cc1. The summed E-state index contributed by atoms with van der Waals surface area (Å²) in [6, 6.07) is 13.5. The minimum absolute atomic E-state index is 0.773. The molecule has 0 fully saturated rings. The van der Waals surface area contributed by atoms with Gasteiger partial charge < -0.3 is 18.9 Å². The molecule has 0 saturated heterocycles. The smallest absolute Gasteiger partial charge is 0.137 e. The third-order valence-corrected chi connectivity index (χ3v) is 3.63. The zero-order valence-corrected chi connectivity index (χ0v) is 12.5. The number of nitrogens with one attached hydrogen (secondary N) is 1. The number of methoxy groups -OCH3 is 3. The molecule has 0 radical (unpaired) electrons. The summed E-state index contributed by atoms with van der Waals surface area (Å²) in [7, 11) is 4.93. The van der Waals surface area contributed by atoms with Crippen molar-refractivity contribution in [3.05, 3.63) is 42.5 Å². The molecule has 106 valence electrons. The highest BCUT2D eigenvalue weighted by atomic mass is 32.2. The Bertz CT molecular complexity index is 558. The Labute approximate surface area is 123 Å². The van der Waals surface area contributed by atoms with Gasteiger partial charge in [-0.15, -0.1) is 0 Å². The first kappa shape index (κ1) is 14.4. The molecule has 0 aliphatic heterocycles. The van der Waals surface area contributed by atoms with E-state index >= 15 is 0 Å². The van der Waals surface area contributed by atoms with E-state index in [2.05, 4.69) is 4.72 Å². The molecule has 0 unspecified atom stereocenters. The van der Waals surface area contributed by atoms with Gasteiger partial charge in [0.15, 0.2) is 0 Å². The minimum atomic E-state index is 0.773. The normalized spacial score (nSPS) is 9.95. The maximum atomic E-state index is 5.35. The molecule has 0 aliphatic carbocycles. The van der Waals surface area contributed by atoms with E-state index in [0.717, 1.165) is 27.8 Å². The van der Waals surface area contributed by atoms with Crippen LogP contribution in [0.2, 0.25) is 0 Å². The lowest BCUT2D eigenvalue weighted by Crippen LogP contribution is -1.92. The number of ether oxygens (including phenoxy) is 3. The number of rotatable bonds is 6. The van der Waals surface area contributed by atoms with Crippen LogP contribution in [0.1, 0.15) is 0 Å². The van der Waals surface area contributed by atoms with Gasteiger partial charge in [-0.05, 0) is 48.3 Å². The van der Waals surface area contributed by atoms with Gasteiger partial charge in [-0.2, -0.15) is 0 Å². The third kappa shape index (κ3) is 3.51. The predicted octanol–water partition coefficient (Wildman–Crippen LogP) is 3.83. The largest absolute Gasteiger partial charge is 0.497 e. The monoisotopic (exact) mass is 291 g/mol. The van der Waals surface area contributed by atoms with E-state index in [1.807, 2.05) is 42.5 Å². The van der Waals surface area contributed by atoms with Crippen LogP contribution in [0.25, 0.3) is 0 Å². The summed E-state index contributed by atoms with van der Waals surface area (Å²) in [5.74, 6) is 2.38. The zero-order valence-electron chi connectivity index (χ0n) is 11.7. The van der Waals surface area contributed by atoms with Gasteiger partial charge in [-0.25, -0.2) is 0 Å². The molecule has 0 atom stereocenters. The standard InChI is InChI=1S/C15H17NO3S/c1-17-12-6-4-11(5-7-12)16-20-15-9-8-13(18-2)10-14(15)19-3/h4-10,16H,1-3H3. The van der Waals surface area contributed by atoms with Crippen LogP contribution in [-0.2, 0) is 0 Å². The maximum absolute atomic E-state index is 5.35. The first-order chi connectivity index (χ1) is 9.76. The molecule has 0 aliphatic rings. The van der Waals surface area contributed by atoms with Crippen LogP contribution >= 0.6 is 11.9 Å². The Morgan fingerprint density at radius 2 is 1.45 bits per heavy atom. The fourth-order valence-electron chi connectivity index (χ4n) is 1.63. The van der Waals surface area contributed by atoms with Crippen LogP contribution in [-0.4, -0.2) is 21.3 Å². The number of benzene rings is 2. The molecule has 0 saturated carbocycles. The highest BCUT2D eigenvalue weighted by Gasteiger charge is 2.06. The molecule has 0 aromatic heterocycles. The van der Waals surface area contributed by atoms with E-state index in [0.29, 0.717) is 0 Å². The molecular formula is C15H17NO3S. The lowest BCUT2D eigenvalue weighted by molar-refractivity contribution is 0.387. The molecule has 1 N–H and O–H groups in total. The van der Waals surface area contributed by atoms with Crippen molar-refractivity contribution in [1.29, 1.82) is 0 Å². The third-order valence-electron chi connectivity index (χ3n) is 2.74. The van der Waals surface area contributed by atoms with Gasteiger partial charge in [0.2, 0.25) is 0 Å². The Hall–Kier alpha value is -2.01. The number of hydrogen-bond acceptors (Lipinski definition) is 5. The molecule has 0 spiro atoms. The zero-order chi connectivity index (χ0) is 14.4. The molecule has 0 amide bonds. The second-order valence-corrected chi connectivity index (χ2v) is 4.80. The van der Waals surface area contributed by atoms with Crippen LogP contribution in [0.15, 0.2) is 47.4 Å². The number of anilines is 1. The Kier molecular flexibility index (Phi) is 5.01. The van der Waals surface area contributed by atoms with Gasteiger partial charge in [0, 0.05) is 11.8 Å². The summed E-state index contributed by atoms with van der Waals surface area (Å²) in [6.07, 6.45) is 0. The second-order valence-electron chi connectivity index (χ2n) is 3.95. The van der Waals surface area contributed by atoms with Crippen molar-refractivity contribution in [3.8, 4) is 17.2 Å². The first-order valence-corrected chi connectivity index (χ1v) is 6.87. The van der Waals surface area contributed by atoms with Crippen LogP contribution in [0, 0.1) is 0 Å².